The van der Waals surface area contributed by atoms with Gasteiger partial charge in [-0.15, -0.1) is 0 Å². The van der Waals surface area contributed by atoms with Crippen molar-refractivity contribution in [2.45, 2.75) is 12.8 Å². The van der Waals surface area contributed by atoms with Crippen LogP contribution in [0.25, 0.3) is 10.9 Å². The average molecular weight is 316 g/mol. The smallest absolute Gasteiger partial charge is 0.352 e. The van der Waals surface area contributed by atoms with Gasteiger partial charge in [-0.05, 0) is 24.1 Å². The van der Waals surface area contributed by atoms with Crippen LogP contribution in [0.1, 0.15) is 22.5 Å². The molecular formula is C13H11Cl2NO4. The molecule has 0 unspecified atom stereocenters. The van der Waals surface area contributed by atoms with Crippen LogP contribution in [0.15, 0.2) is 12.1 Å². The van der Waals surface area contributed by atoms with E-state index in [2.05, 4.69) is 9.72 Å². The Morgan fingerprint density at radius 1 is 1.35 bits per heavy atom. The summed E-state index contributed by atoms with van der Waals surface area (Å²) in [5, 5.41) is 10.5. The Labute approximate surface area is 124 Å². The molecule has 20 heavy (non-hydrogen) atoms. The molecule has 0 saturated carbocycles. The number of aromatic amines is 1. The van der Waals surface area contributed by atoms with Crippen molar-refractivity contribution in [1.82, 2.24) is 4.98 Å². The van der Waals surface area contributed by atoms with E-state index in [1.54, 1.807) is 6.07 Å². The Hall–Kier alpha value is -1.72. The molecule has 0 bridgehead atoms. The van der Waals surface area contributed by atoms with Crippen LogP contribution in [-0.2, 0) is 16.0 Å². The van der Waals surface area contributed by atoms with Crippen LogP contribution >= 0.6 is 23.2 Å². The number of aryl methyl sites for hydroxylation is 1. The normalized spacial score (nSPS) is 10.8. The second-order valence-corrected chi connectivity index (χ2v) is 5.01. The summed E-state index contributed by atoms with van der Waals surface area (Å²) in [4.78, 5) is 25.3. The third-order valence-corrected chi connectivity index (χ3v) is 3.46. The SMILES string of the molecule is COC(=O)CCc1c(C(=O)O)[nH]c2cc(Cl)cc(Cl)c12. The molecule has 2 aromatic rings. The number of hydrogen-bond acceptors (Lipinski definition) is 3. The van der Waals surface area contributed by atoms with E-state index >= 15 is 0 Å². The number of nitrogens with one attached hydrogen (secondary N) is 1. The van der Waals surface area contributed by atoms with Crippen molar-refractivity contribution in [2.75, 3.05) is 7.11 Å². The van der Waals surface area contributed by atoms with E-state index in [-0.39, 0.29) is 18.5 Å². The van der Waals surface area contributed by atoms with Gasteiger partial charge in [-0.2, -0.15) is 0 Å². The number of fused-ring (bicyclic) bond motifs is 1. The van der Waals surface area contributed by atoms with Crippen molar-refractivity contribution in [1.29, 1.82) is 0 Å². The van der Waals surface area contributed by atoms with Crippen LogP contribution in [0.4, 0.5) is 0 Å². The number of aromatic nitrogens is 1. The van der Waals surface area contributed by atoms with Gasteiger partial charge < -0.3 is 14.8 Å². The molecule has 0 aliphatic carbocycles. The number of carbonyl (C=O) groups excluding carboxylic acids is 1. The first kappa shape index (κ1) is 14.7. The van der Waals surface area contributed by atoms with Gasteiger partial charge in [-0.1, -0.05) is 23.2 Å². The molecule has 5 nitrogen and oxygen atoms in total. The molecular weight excluding hydrogens is 305 g/mol. The molecule has 1 aromatic carbocycles. The minimum Gasteiger partial charge on any atom is -0.477 e. The van der Waals surface area contributed by atoms with Gasteiger partial charge >= 0.3 is 11.9 Å². The van der Waals surface area contributed by atoms with Crippen molar-refractivity contribution in [3.05, 3.63) is 33.4 Å². The molecule has 1 heterocycles. The molecule has 0 spiro atoms. The number of H-pyrrole nitrogens is 1. The number of ether oxygens (including phenoxy) is 1. The number of halogens is 2. The fraction of sp³-hybridized carbons (Fsp3) is 0.231. The monoisotopic (exact) mass is 315 g/mol. The fourth-order valence-corrected chi connectivity index (χ4v) is 2.68. The van der Waals surface area contributed by atoms with E-state index in [0.29, 0.717) is 26.5 Å². The van der Waals surface area contributed by atoms with Crippen LogP contribution in [0.5, 0.6) is 0 Å². The highest BCUT2D eigenvalue weighted by molar-refractivity contribution is 6.39. The second-order valence-electron chi connectivity index (χ2n) is 4.17. The van der Waals surface area contributed by atoms with E-state index in [9.17, 15) is 14.7 Å². The van der Waals surface area contributed by atoms with Crippen LogP contribution in [-0.4, -0.2) is 29.1 Å². The quantitative estimate of drug-likeness (QED) is 0.848. The number of carboxylic acid groups (broad SMARTS) is 1. The van der Waals surface area contributed by atoms with Crippen LogP contribution in [0, 0.1) is 0 Å². The van der Waals surface area contributed by atoms with Gasteiger partial charge in [0.25, 0.3) is 0 Å². The van der Waals surface area contributed by atoms with E-state index in [4.69, 9.17) is 23.2 Å². The molecule has 2 rings (SSSR count). The van der Waals surface area contributed by atoms with E-state index in [1.165, 1.54) is 13.2 Å². The summed E-state index contributed by atoms with van der Waals surface area (Å²) in [5.41, 5.74) is 1.01. The highest BCUT2D eigenvalue weighted by atomic mass is 35.5. The Morgan fingerprint density at radius 3 is 2.65 bits per heavy atom. The minimum atomic E-state index is -1.12. The lowest BCUT2D eigenvalue weighted by atomic mass is 10.1. The summed E-state index contributed by atoms with van der Waals surface area (Å²) in [6.07, 6.45) is 0.290. The maximum absolute atomic E-state index is 11.3. The van der Waals surface area contributed by atoms with E-state index < -0.39 is 11.9 Å². The molecule has 0 aliphatic heterocycles. The number of rotatable bonds is 4. The summed E-state index contributed by atoms with van der Waals surface area (Å²) in [7, 11) is 1.28. The number of aromatic carboxylic acids is 1. The topological polar surface area (TPSA) is 79.4 Å². The molecule has 0 aliphatic rings. The molecule has 0 amide bonds. The molecule has 0 saturated heterocycles. The van der Waals surface area contributed by atoms with Crippen molar-refractivity contribution >= 4 is 46.0 Å². The first-order valence-electron chi connectivity index (χ1n) is 5.73. The van der Waals surface area contributed by atoms with E-state index in [1.807, 2.05) is 0 Å². The Morgan fingerprint density at radius 2 is 2.05 bits per heavy atom. The van der Waals surface area contributed by atoms with Gasteiger partial charge in [0.2, 0.25) is 0 Å². The van der Waals surface area contributed by atoms with Crippen molar-refractivity contribution in [3.63, 3.8) is 0 Å². The number of methoxy groups -OCH3 is 1. The first-order chi connectivity index (χ1) is 9.43. The fourth-order valence-electron chi connectivity index (χ4n) is 2.08. The second kappa shape index (κ2) is 5.73. The summed E-state index contributed by atoms with van der Waals surface area (Å²) < 4.78 is 4.56. The standard InChI is InChI=1S/C13H11Cl2NO4/c1-20-10(17)3-2-7-11-8(15)4-6(14)5-9(11)16-12(7)13(18)19/h4-5,16H,2-3H2,1H3,(H,18,19). The predicted octanol–water partition coefficient (Wildman–Crippen LogP) is 3.28. The Bertz CT molecular complexity index is 693. The molecule has 106 valence electrons. The number of esters is 1. The number of hydrogen-bond donors (Lipinski definition) is 2. The first-order valence-corrected chi connectivity index (χ1v) is 6.49. The summed E-state index contributed by atoms with van der Waals surface area (Å²) in [5.74, 6) is -1.53. The Balaban J connectivity index is 2.56. The molecule has 0 fully saturated rings. The third-order valence-electron chi connectivity index (χ3n) is 2.94. The largest absolute Gasteiger partial charge is 0.477 e. The van der Waals surface area contributed by atoms with Crippen molar-refractivity contribution in [3.8, 4) is 0 Å². The zero-order chi connectivity index (χ0) is 14.9. The zero-order valence-electron chi connectivity index (χ0n) is 10.5. The van der Waals surface area contributed by atoms with E-state index in [0.717, 1.165) is 0 Å². The molecule has 2 N–H and O–H groups in total. The maximum atomic E-state index is 11.3. The number of carbonyl (C=O) groups is 2. The van der Waals surface area contributed by atoms with Gasteiger partial charge in [0.1, 0.15) is 5.69 Å². The van der Waals surface area contributed by atoms with Crippen molar-refractivity contribution in [2.24, 2.45) is 0 Å². The predicted molar refractivity (Wildman–Crippen MR) is 75.6 cm³/mol. The third kappa shape index (κ3) is 2.73. The van der Waals surface area contributed by atoms with Crippen molar-refractivity contribution < 1.29 is 19.4 Å². The highest BCUT2D eigenvalue weighted by Crippen LogP contribution is 2.33. The summed E-state index contributed by atoms with van der Waals surface area (Å²) in [6.45, 7) is 0. The van der Waals surface area contributed by atoms with Gasteiger partial charge in [0, 0.05) is 22.3 Å². The van der Waals surface area contributed by atoms with Crippen LogP contribution in [0.2, 0.25) is 10.0 Å². The molecule has 1 aromatic heterocycles. The molecule has 0 atom stereocenters. The maximum Gasteiger partial charge on any atom is 0.352 e. The van der Waals surface area contributed by atoms with Gasteiger partial charge in [-0.3, -0.25) is 4.79 Å². The number of carboxylic acids is 1. The molecule has 7 heteroatoms. The van der Waals surface area contributed by atoms with Gasteiger partial charge in [0.15, 0.2) is 0 Å². The highest BCUT2D eigenvalue weighted by Gasteiger charge is 2.20. The number of benzene rings is 1. The summed E-state index contributed by atoms with van der Waals surface area (Å²) >= 11 is 12.0. The lowest BCUT2D eigenvalue weighted by Crippen LogP contribution is -2.06. The summed E-state index contributed by atoms with van der Waals surface area (Å²) in [6, 6.07) is 3.13. The van der Waals surface area contributed by atoms with Crippen LogP contribution in [0.3, 0.4) is 0 Å². The van der Waals surface area contributed by atoms with Gasteiger partial charge in [0.05, 0.1) is 12.1 Å². The lowest BCUT2D eigenvalue weighted by molar-refractivity contribution is -0.140. The average Bonchev–Trinajstić information content (AvgIpc) is 2.74. The Kier molecular flexibility index (Phi) is 4.20. The zero-order valence-corrected chi connectivity index (χ0v) is 12.0. The van der Waals surface area contributed by atoms with Gasteiger partial charge in [-0.25, -0.2) is 4.79 Å². The lowest BCUT2D eigenvalue weighted by Gasteiger charge is -2.03. The van der Waals surface area contributed by atoms with Crippen LogP contribution < -0.4 is 0 Å². The minimum absolute atomic E-state index is 0.00747. The molecule has 0 radical (unpaired) electrons.